The average molecular weight is 498 g/mol. The van der Waals surface area contributed by atoms with Gasteiger partial charge in [-0.3, -0.25) is 9.89 Å². The van der Waals surface area contributed by atoms with Crippen LogP contribution in [-0.4, -0.2) is 44.0 Å². The zero-order valence-corrected chi connectivity index (χ0v) is 20.8. The van der Waals surface area contributed by atoms with Crippen LogP contribution < -0.4 is 4.74 Å². The van der Waals surface area contributed by atoms with Crippen molar-refractivity contribution in [1.82, 2.24) is 24.5 Å². The van der Waals surface area contributed by atoms with Gasteiger partial charge < -0.3 is 14.0 Å². The van der Waals surface area contributed by atoms with Gasteiger partial charge in [0.05, 0.1) is 11.4 Å². The third-order valence-corrected chi connectivity index (χ3v) is 6.17. The Hall–Kier alpha value is -4.46. The molecule has 37 heavy (non-hydrogen) atoms. The lowest BCUT2D eigenvalue weighted by molar-refractivity contribution is 0.0793. The van der Waals surface area contributed by atoms with Crippen molar-refractivity contribution in [2.45, 2.75) is 26.4 Å². The molecule has 7 nitrogen and oxygen atoms in total. The van der Waals surface area contributed by atoms with Crippen LogP contribution in [0.15, 0.2) is 79.1 Å². The Bertz CT molecular complexity index is 1520. The van der Waals surface area contributed by atoms with Crippen LogP contribution in [0.2, 0.25) is 0 Å². The Kier molecular flexibility index (Phi) is 6.98. The lowest BCUT2D eigenvalue weighted by Crippen LogP contribution is -2.28. The number of carbonyl (C=O) groups is 1. The van der Waals surface area contributed by atoms with Crippen molar-refractivity contribution in [3.05, 3.63) is 107 Å². The van der Waals surface area contributed by atoms with Crippen LogP contribution in [0.25, 0.3) is 16.9 Å². The largest absolute Gasteiger partial charge is 0.487 e. The molecule has 0 atom stereocenters. The van der Waals surface area contributed by atoms with E-state index in [1.807, 2.05) is 54.0 Å². The lowest BCUT2D eigenvalue weighted by Gasteiger charge is -2.17. The van der Waals surface area contributed by atoms with E-state index in [0.29, 0.717) is 24.5 Å². The number of pyridine rings is 1. The molecule has 0 fully saturated rings. The van der Waals surface area contributed by atoms with Crippen molar-refractivity contribution < 1.29 is 13.9 Å². The van der Waals surface area contributed by atoms with E-state index in [2.05, 4.69) is 15.2 Å². The highest BCUT2D eigenvalue weighted by atomic mass is 19.1. The van der Waals surface area contributed by atoms with Gasteiger partial charge in [0.15, 0.2) is 0 Å². The molecular weight excluding hydrogens is 469 g/mol. The number of nitrogens with one attached hydrogen (secondary N) is 1. The van der Waals surface area contributed by atoms with E-state index >= 15 is 0 Å². The Morgan fingerprint density at radius 1 is 1.08 bits per heavy atom. The molecule has 0 saturated carbocycles. The second-order valence-electron chi connectivity index (χ2n) is 9.14. The molecule has 0 radical (unpaired) electrons. The molecule has 1 N–H and O–H groups in total. The minimum atomic E-state index is -0.272. The van der Waals surface area contributed by atoms with E-state index in [4.69, 9.17) is 4.74 Å². The summed E-state index contributed by atoms with van der Waals surface area (Å²) in [4.78, 5) is 19.3. The highest BCUT2D eigenvalue weighted by Gasteiger charge is 2.13. The van der Waals surface area contributed by atoms with Crippen molar-refractivity contribution in [1.29, 1.82) is 0 Å². The van der Waals surface area contributed by atoms with E-state index in [1.54, 1.807) is 36.2 Å². The summed E-state index contributed by atoms with van der Waals surface area (Å²) in [5.41, 5.74) is 6.03. The van der Waals surface area contributed by atoms with Crippen molar-refractivity contribution in [3.8, 4) is 17.0 Å². The van der Waals surface area contributed by atoms with Gasteiger partial charge in [-0.05, 0) is 79.9 Å². The number of imidazole rings is 1. The fourth-order valence-electron chi connectivity index (χ4n) is 4.19. The zero-order valence-electron chi connectivity index (χ0n) is 20.8. The number of fused-ring (bicyclic) bond motifs is 1. The van der Waals surface area contributed by atoms with Crippen molar-refractivity contribution in [2.75, 3.05) is 13.6 Å². The summed E-state index contributed by atoms with van der Waals surface area (Å²) in [5, 5.41) is 7.34. The van der Waals surface area contributed by atoms with Crippen LogP contribution in [-0.2, 0) is 13.0 Å². The number of amides is 1. The topological polar surface area (TPSA) is 75.5 Å². The molecule has 0 bridgehead atoms. The number of ether oxygens (including phenoxy) is 1. The van der Waals surface area contributed by atoms with Crippen LogP contribution in [0, 0.1) is 12.7 Å². The Labute approximate surface area is 214 Å². The first-order chi connectivity index (χ1) is 17.9. The number of nitrogens with zero attached hydrogens (tertiary/aromatic N) is 4. The van der Waals surface area contributed by atoms with E-state index in [9.17, 15) is 9.18 Å². The fourth-order valence-corrected chi connectivity index (χ4v) is 4.19. The molecule has 5 aromatic rings. The van der Waals surface area contributed by atoms with Crippen LogP contribution in [0.3, 0.4) is 0 Å². The molecular formula is C29H28FN5O2. The van der Waals surface area contributed by atoms with Crippen LogP contribution in [0.5, 0.6) is 5.75 Å². The molecule has 5 rings (SSSR count). The SMILES string of the molecule is Cc1ccc2nc(COc3cccc(C(=O)N(C)CCCc4cc(-c5ccc(F)cc5)n[nH]4)c3)cn2c1. The van der Waals surface area contributed by atoms with Crippen molar-refractivity contribution in [2.24, 2.45) is 0 Å². The Morgan fingerprint density at radius 2 is 1.92 bits per heavy atom. The van der Waals surface area contributed by atoms with Gasteiger partial charge in [0.2, 0.25) is 0 Å². The summed E-state index contributed by atoms with van der Waals surface area (Å²) in [5.74, 6) is 0.287. The molecule has 0 aliphatic heterocycles. The van der Waals surface area contributed by atoms with Crippen molar-refractivity contribution in [3.63, 3.8) is 0 Å². The quantitative estimate of drug-likeness (QED) is 0.294. The maximum Gasteiger partial charge on any atom is 0.253 e. The number of halogens is 1. The van der Waals surface area contributed by atoms with Crippen LogP contribution >= 0.6 is 0 Å². The van der Waals surface area contributed by atoms with E-state index < -0.39 is 0 Å². The van der Waals surface area contributed by atoms with E-state index in [-0.39, 0.29) is 11.7 Å². The standard InChI is InChI=1S/C29H28FN5O2/c1-20-8-13-28-31-25(18-35(28)17-20)19-37-26-7-3-5-22(15-26)29(36)34(2)14-4-6-24-16-27(33-32-24)21-9-11-23(30)12-10-21/h3,5,7-13,15-18H,4,6,14,19H2,1-2H3,(H,32,33). The number of H-pyrrole nitrogens is 1. The number of benzene rings is 2. The highest BCUT2D eigenvalue weighted by Crippen LogP contribution is 2.20. The number of rotatable bonds is 9. The number of aromatic amines is 1. The molecule has 2 aromatic carbocycles. The first-order valence-electron chi connectivity index (χ1n) is 12.2. The monoisotopic (exact) mass is 497 g/mol. The van der Waals surface area contributed by atoms with Crippen LogP contribution in [0.4, 0.5) is 4.39 Å². The normalized spacial score (nSPS) is 11.1. The first kappa shape index (κ1) is 24.2. The van der Waals surface area contributed by atoms with Gasteiger partial charge in [0.1, 0.15) is 23.8 Å². The Balaban J connectivity index is 1.13. The molecule has 1 amide bonds. The fraction of sp³-hybridized carbons (Fsp3) is 0.207. The predicted octanol–water partition coefficient (Wildman–Crippen LogP) is 5.46. The summed E-state index contributed by atoms with van der Waals surface area (Å²) in [6.07, 6.45) is 5.50. The smallest absolute Gasteiger partial charge is 0.253 e. The number of carbonyl (C=O) groups excluding carboxylic acids is 1. The molecule has 0 spiro atoms. The number of hydrogen-bond acceptors (Lipinski definition) is 4. The number of aromatic nitrogens is 4. The highest BCUT2D eigenvalue weighted by molar-refractivity contribution is 5.94. The minimum Gasteiger partial charge on any atom is -0.487 e. The summed E-state index contributed by atoms with van der Waals surface area (Å²) >= 11 is 0. The molecule has 3 aromatic heterocycles. The minimum absolute atomic E-state index is 0.0646. The molecule has 8 heteroatoms. The summed E-state index contributed by atoms with van der Waals surface area (Å²) < 4.78 is 21.1. The number of aryl methyl sites for hydroxylation is 2. The summed E-state index contributed by atoms with van der Waals surface area (Å²) in [6, 6.07) is 19.4. The maximum absolute atomic E-state index is 13.1. The first-order valence-corrected chi connectivity index (χ1v) is 12.2. The molecule has 0 aliphatic carbocycles. The average Bonchev–Trinajstić information content (AvgIpc) is 3.54. The molecule has 0 aliphatic rings. The second-order valence-corrected chi connectivity index (χ2v) is 9.14. The van der Waals surface area contributed by atoms with Gasteiger partial charge in [-0.1, -0.05) is 12.1 Å². The third kappa shape index (κ3) is 5.86. The summed E-state index contributed by atoms with van der Waals surface area (Å²) in [7, 11) is 1.80. The zero-order chi connectivity index (χ0) is 25.8. The van der Waals surface area contributed by atoms with Gasteiger partial charge in [-0.15, -0.1) is 0 Å². The van der Waals surface area contributed by atoms with E-state index in [1.165, 1.54) is 12.1 Å². The predicted molar refractivity (Wildman–Crippen MR) is 140 cm³/mol. The lowest BCUT2D eigenvalue weighted by atomic mass is 10.1. The Morgan fingerprint density at radius 3 is 2.76 bits per heavy atom. The van der Waals surface area contributed by atoms with Gasteiger partial charge in [-0.25, -0.2) is 9.37 Å². The van der Waals surface area contributed by atoms with Gasteiger partial charge >= 0.3 is 0 Å². The van der Waals surface area contributed by atoms with Gasteiger partial charge in [0, 0.05) is 42.8 Å². The maximum atomic E-state index is 13.1. The molecule has 0 unspecified atom stereocenters. The summed E-state index contributed by atoms with van der Waals surface area (Å²) in [6.45, 7) is 2.95. The second kappa shape index (κ2) is 10.7. The molecule has 188 valence electrons. The van der Waals surface area contributed by atoms with Crippen LogP contribution in [0.1, 0.15) is 33.7 Å². The van der Waals surface area contributed by atoms with Gasteiger partial charge in [0.25, 0.3) is 5.91 Å². The molecule has 0 saturated heterocycles. The molecule has 3 heterocycles. The van der Waals surface area contributed by atoms with Crippen molar-refractivity contribution >= 4 is 11.6 Å². The number of hydrogen-bond donors (Lipinski definition) is 1. The van der Waals surface area contributed by atoms with Gasteiger partial charge in [-0.2, -0.15) is 5.10 Å². The third-order valence-electron chi connectivity index (χ3n) is 6.17. The van der Waals surface area contributed by atoms with E-state index in [0.717, 1.165) is 46.7 Å².